The van der Waals surface area contributed by atoms with Crippen LogP contribution >= 0.6 is 0 Å². The molecule has 1 N–H and O–H groups in total. The minimum Gasteiger partial charge on any atom is -0.488 e. The second-order valence-corrected chi connectivity index (χ2v) is 6.76. The van der Waals surface area contributed by atoms with E-state index in [-0.39, 0.29) is 5.69 Å². The van der Waals surface area contributed by atoms with E-state index in [0.717, 1.165) is 27.7 Å². The third kappa shape index (κ3) is 3.80. The molecule has 0 aliphatic rings. The van der Waals surface area contributed by atoms with Crippen LogP contribution in [-0.2, 0) is 6.54 Å². The molecule has 29 heavy (non-hydrogen) atoms. The molecular formula is C22H20N4O3. The van der Waals surface area contributed by atoms with Crippen molar-refractivity contribution in [3.05, 3.63) is 72.1 Å². The van der Waals surface area contributed by atoms with E-state index in [1.165, 1.54) is 0 Å². The average molecular weight is 388 g/mol. The van der Waals surface area contributed by atoms with E-state index in [2.05, 4.69) is 15.0 Å². The van der Waals surface area contributed by atoms with Crippen LogP contribution in [0.1, 0.15) is 21.9 Å². The summed E-state index contributed by atoms with van der Waals surface area (Å²) < 4.78 is 7.44. The van der Waals surface area contributed by atoms with Gasteiger partial charge in [-0.15, -0.1) is 0 Å². The summed E-state index contributed by atoms with van der Waals surface area (Å²) in [6.45, 7) is 4.48. The number of fused-ring (bicyclic) bond motifs is 1. The van der Waals surface area contributed by atoms with E-state index >= 15 is 0 Å². The first-order chi connectivity index (χ1) is 14.0. The Morgan fingerprint density at radius 1 is 1.10 bits per heavy atom. The van der Waals surface area contributed by atoms with Crippen LogP contribution in [-0.4, -0.2) is 37.2 Å². The minimum atomic E-state index is -0.991. The minimum absolute atomic E-state index is 0.200. The summed E-state index contributed by atoms with van der Waals surface area (Å²) in [5.41, 5.74) is 3.84. The number of pyridine rings is 1. The number of aryl methyl sites for hydroxylation is 2. The summed E-state index contributed by atoms with van der Waals surface area (Å²) in [6, 6.07) is 11.5. The number of aromatic nitrogens is 4. The third-order valence-corrected chi connectivity index (χ3v) is 4.68. The maximum absolute atomic E-state index is 11.9. The van der Waals surface area contributed by atoms with E-state index in [4.69, 9.17) is 4.74 Å². The lowest BCUT2D eigenvalue weighted by Crippen LogP contribution is -2.13. The summed E-state index contributed by atoms with van der Waals surface area (Å²) in [4.78, 5) is 24.6. The molecule has 3 aromatic heterocycles. The first kappa shape index (κ1) is 18.6. The van der Waals surface area contributed by atoms with Crippen molar-refractivity contribution in [2.24, 2.45) is 0 Å². The van der Waals surface area contributed by atoms with Gasteiger partial charge in [-0.25, -0.2) is 14.8 Å². The van der Waals surface area contributed by atoms with Crippen molar-refractivity contribution in [1.82, 2.24) is 19.5 Å². The molecule has 0 spiro atoms. The molecule has 0 saturated heterocycles. The van der Waals surface area contributed by atoms with Crippen molar-refractivity contribution in [2.75, 3.05) is 6.61 Å². The molecule has 4 rings (SSSR count). The van der Waals surface area contributed by atoms with Crippen molar-refractivity contribution in [2.45, 2.75) is 20.4 Å². The second-order valence-electron chi connectivity index (χ2n) is 6.76. The Bertz CT molecular complexity index is 1180. The number of nitrogens with zero attached hydrogens (tertiary/aromatic N) is 4. The van der Waals surface area contributed by atoms with Gasteiger partial charge < -0.3 is 14.4 Å². The summed E-state index contributed by atoms with van der Waals surface area (Å²) in [7, 11) is 0. The van der Waals surface area contributed by atoms with E-state index < -0.39 is 5.97 Å². The lowest BCUT2D eigenvalue weighted by atomic mass is 10.1. The van der Waals surface area contributed by atoms with Gasteiger partial charge in [0.2, 0.25) is 0 Å². The fourth-order valence-electron chi connectivity index (χ4n) is 3.34. The van der Waals surface area contributed by atoms with Gasteiger partial charge in [-0.05, 0) is 32.0 Å². The summed E-state index contributed by atoms with van der Waals surface area (Å²) in [5, 5.41) is 10.5. The first-order valence-corrected chi connectivity index (χ1v) is 9.23. The van der Waals surface area contributed by atoms with E-state index in [1.807, 2.05) is 37.3 Å². The van der Waals surface area contributed by atoms with Crippen LogP contribution in [0.5, 0.6) is 5.75 Å². The molecular weight excluding hydrogens is 368 g/mol. The summed E-state index contributed by atoms with van der Waals surface area (Å²) in [5.74, 6) is 0.221. The average Bonchev–Trinajstić information content (AvgIpc) is 3.08. The predicted molar refractivity (Wildman–Crippen MR) is 109 cm³/mol. The number of aromatic carboxylic acids is 1. The lowest BCUT2D eigenvalue weighted by Gasteiger charge is -2.10. The zero-order valence-corrected chi connectivity index (χ0v) is 16.2. The van der Waals surface area contributed by atoms with Crippen LogP contribution in [0.15, 0.2) is 55.0 Å². The zero-order valence-electron chi connectivity index (χ0n) is 16.2. The summed E-state index contributed by atoms with van der Waals surface area (Å²) >= 11 is 0. The first-order valence-electron chi connectivity index (χ1n) is 9.23. The fraction of sp³-hybridized carbons (Fsp3) is 0.182. The van der Waals surface area contributed by atoms with Gasteiger partial charge >= 0.3 is 5.97 Å². The van der Waals surface area contributed by atoms with Gasteiger partial charge in [0.25, 0.3) is 0 Å². The van der Waals surface area contributed by atoms with Crippen LogP contribution in [0.4, 0.5) is 0 Å². The third-order valence-electron chi connectivity index (χ3n) is 4.68. The largest absolute Gasteiger partial charge is 0.488 e. The highest BCUT2D eigenvalue weighted by Gasteiger charge is 2.18. The topological polar surface area (TPSA) is 90.1 Å². The molecule has 0 aliphatic carbocycles. The maximum Gasteiger partial charge on any atom is 0.352 e. The number of hydrogen-bond acceptors (Lipinski definition) is 5. The maximum atomic E-state index is 11.9. The standard InChI is InChI=1S/C22H20N4O3/c1-14-4-3-5-16(10-14)21-18-11-20(22(27)28)26(19(18)6-7-23-21)8-9-29-17-12-24-15(2)25-13-17/h3-7,10-13H,8-9H2,1-2H3,(H,27,28). The van der Waals surface area contributed by atoms with Crippen molar-refractivity contribution in [3.8, 4) is 17.0 Å². The number of carboxylic acid groups (broad SMARTS) is 1. The van der Waals surface area contributed by atoms with Gasteiger partial charge in [0.05, 0.1) is 30.1 Å². The fourth-order valence-corrected chi connectivity index (χ4v) is 3.34. The monoisotopic (exact) mass is 388 g/mol. The van der Waals surface area contributed by atoms with Gasteiger partial charge in [-0.2, -0.15) is 0 Å². The van der Waals surface area contributed by atoms with Crippen molar-refractivity contribution < 1.29 is 14.6 Å². The molecule has 0 bridgehead atoms. The van der Waals surface area contributed by atoms with Crippen LogP contribution in [0, 0.1) is 13.8 Å². The number of benzene rings is 1. The van der Waals surface area contributed by atoms with Gasteiger partial charge in [-0.3, -0.25) is 4.98 Å². The zero-order chi connectivity index (χ0) is 20.4. The normalized spacial score (nSPS) is 11.0. The Morgan fingerprint density at radius 3 is 2.62 bits per heavy atom. The molecule has 0 amide bonds. The van der Waals surface area contributed by atoms with Crippen LogP contribution in [0.25, 0.3) is 22.2 Å². The van der Waals surface area contributed by atoms with Crippen LogP contribution < -0.4 is 4.74 Å². The number of carboxylic acids is 1. The van der Waals surface area contributed by atoms with Crippen molar-refractivity contribution in [3.63, 3.8) is 0 Å². The van der Waals surface area contributed by atoms with Crippen LogP contribution in [0.3, 0.4) is 0 Å². The van der Waals surface area contributed by atoms with E-state index in [1.54, 1.807) is 36.1 Å². The van der Waals surface area contributed by atoms with Crippen LogP contribution in [0.2, 0.25) is 0 Å². The molecule has 3 heterocycles. The molecule has 7 heteroatoms. The lowest BCUT2D eigenvalue weighted by molar-refractivity contribution is 0.0684. The SMILES string of the molecule is Cc1cccc(-c2nccc3c2cc(C(=O)O)n3CCOc2cnc(C)nc2)c1. The molecule has 1 aromatic carbocycles. The summed E-state index contributed by atoms with van der Waals surface area (Å²) in [6.07, 6.45) is 4.92. The predicted octanol–water partition coefficient (Wildman–Crippen LogP) is 3.89. The smallest absolute Gasteiger partial charge is 0.352 e. The Labute approximate surface area is 167 Å². The molecule has 146 valence electrons. The Kier molecular flexibility index (Phi) is 4.95. The highest BCUT2D eigenvalue weighted by molar-refractivity contribution is 6.00. The van der Waals surface area contributed by atoms with E-state index in [9.17, 15) is 9.90 Å². The number of hydrogen-bond donors (Lipinski definition) is 1. The molecule has 0 unspecified atom stereocenters. The molecule has 0 atom stereocenters. The second kappa shape index (κ2) is 7.71. The molecule has 0 saturated carbocycles. The Hall–Kier alpha value is -3.74. The molecule has 0 aliphatic heterocycles. The number of carbonyl (C=O) groups is 1. The van der Waals surface area contributed by atoms with Crippen molar-refractivity contribution >= 4 is 16.9 Å². The molecule has 0 fully saturated rings. The quantitative estimate of drug-likeness (QED) is 0.539. The van der Waals surface area contributed by atoms with Crippen molar-refractivity contribution in [1.29, 1.82) is 0 Å². The van der Waals surface area contributed by atoms with Gasteiger partial charge in [-0.1, -0.05) is 23.8 Å². The molecule has 4 aromatic rings. The van der Waals surface area contributed by atoms with Gasteiger partial charge in [0, 0.05) is 17.1 Å². The molecule has 0 radical (unpaired) electrons. The van der Waals surface area contributed by atoms with Gasteiger partial charge in [0.15, 0.2) is 5.75 Å². The number of rotatable bonds is 6. The molecule has 7 nitrogen and oxygen atoms in total. The number of ether oxygens (including phenoxy) is 1. The highest BCUT2D eigenvalue weighted by atomic mass is 16.5. The Balaban J connectivity index is 1.69. The van der Waals surface area contributed by atoms with E-state index in [0.29, 0.717) is 24.7 Å². The Morgan fingerprint density at radius 2 is 1.90 bits per heavy atom. The van der Waals surface area contributed by atoms with Gasteiger partial charge in [0.1, 0.15) is 18.1 Å². The highest BCUT2D eigenvalue weighted by Crippen LogP contribution is 2.30.